The number of nitrogens with zero attached hydrogens (tertiary/aromatic N) is 1. The fraction of sp³-hybridized carbons (Fsp3) is 0.350. The summed E-state index contributed by atoms with van der Waals surface area (Å²) in [5, 5.41) is 3.04. The summed E-state index contributed by atoms with van der Waals surface area (Å²) in [6.07, 6.45) is 9.17. The SMILES string of the molecule is Cc1ccc(/C=C/c2c(NCC(=O)C3CCCC3)nc[nH]c2=O)cc1. The molecule has 3 rings (SSSR count). The zero-order valence-corrected chi connectivity index (χ0v) is 14.4. The van der Waals surface area contributed by atoms with Gasteiger partial charge in [0.2, 0.25) is 0 Å². The van der Waals surface area contributed by atoms with Crippen molar-refractivity contribution in [1.29, 1.82) is 0 Å². The minimum absolute atomic E-state index is 0.154. The van der Waals surface area contributed by atoms with Crippen LogP contribution < -0.4 is 10.9 Å². The van der Waals surface area contributed by atoms with Crippen LogP contribution in [-0.4, -0.2) is 22.3 Å². The van der Waals surface area contributed by atoms with Gasteiger partial charge in [-0.05, 0) is 31.4 Å². The molecule has 2 N–H and O–H groups in total. The molecule has 5 nitrogen and oxygen atoms in total. The molecule has 1 saturated carbocycles. The maximum atomic E-state index is 12.2. The van der Waals surface area contributed by atoms with E-state index in [1.807, 2.05) is 37.3 Å². The number of aryl methyl sites for hydroxylation is 1. The molecular formula is C20H23N3O2. The largest absolute Gasteiger partial charge is 0.362 e. The van der Waals surface area contributed by atoms with Crippen molar-refractivity contribution < 1.29 is 4.79 Å². The molecule has 1 heterocycles. The Labute approximate surface area is 147 Å². The highest BCUT2D eigenvalue weighted by Crippen LogP contribution is 2.25. The zero-order valence-electron chi connectivity index (χ0n) is 14.4. The molecule has 0 bridgehead atoms. The molecule has 1 aliphatic rings. The van der Waals surface area contributed by atoms with Gasteiger partial charge in [0.15, 0.2) is 5.78 Å². The summed E-state index contributed by atoms with van der Waals surface area (Å²) >= 11 is 0. The van der Waals surface area contributed by atoms with Gasteiger partial charge in [0.25, 0.3) is 5.56 Å². The number of rotatable bonds is 6. The van der Waals surface area contributed by atoms with Gasteiger partial charge < -0.3 is 10.3 Å². The third-order valence-corrected chi connectivity index (χ3v) is 4.65. The molecule has 0 amide bonds. The quantitative estimate of drug-likeness (QED) is 0.847. The smallest absolute Gasteiger partial charge is 0.260 e. The minimum atomic E-state index is -0.228. The molecule has 130 valence electrons. The van der Waals surface area contributed by atoms with Crippen molar-refractivity contribution in [3.05, 3.63) is 57.6 Å². The molecule has 5 heteroatoms. The molecule has 1 aromatic heterocycles. The van der Waals surface area contributed by atoms with Crippen molar-refractivity contribution in [2.24, 2.45) is 5.92 Å². The lowest BCUT2D eigenvalue weighted by atomic mass is 10.0. The third kappa shape index (κ3) is 4.44. The lowest BCUT2D eigenvalue weighted by Gasteiger charge is -2.10. The summed E-state index contributed by atoms with van der Waals surface area (Å²) in [5.74, 6) is 0.799. The van der Waals surface area contributed by atoms with Crippen molar-refractivity contribution in [3.8, 4) is 0 Å². The number of hydrogen-bond acceptors (Lipinski definition) is 4. The summed E-state index contributed by atoms with van der Waals surface area (Å²) in [4.78, 5) is 31.2. The number of ketones is 1. The molecule has 0 saturated heterocycles. The van der Waals surface area contributed by atoms with Gasteiger partial charge in [-0.2, -0.15) is 0 Å². The van der Waals surface area contributed by atoms with Crippen LogP contribution in [0.25, 0.3) is 12.2 Å². The Balaban J connectivity index is 1.74. The van der Waals surface area contributed by atoms with E-state index in [0.717, 1.165) is 31.2 Å². The highest BCUT2D eigenvalue weighted by atomic mass is 16.1. The molecular weight excluding hydrogens is 314 g/mol. The summed E-state index contributed by atoms with van der Waals surface area (Å²) in [6, 6.07) is 8.03. The van der Waals surface area contributed by atoms with E-state index in [9.17, 15) is 9.59 Å². The van der Waals surface area contributed by atoms with Crippen molar-refractivity contribution in [3.63, 3.8) is 0 Å². The number of benzene rings is 1. The van der Waals surface area contributed by atoms with E-state index in [4.69, 9.17) is 0 Å². The van der Waals surface area contributed by atoms with Crippen LogP contribution in [-0.2, 0) is 4.79 Å². The molecule has 0 spiro atoms. The van der Waals surface area contributed by atoms with Gasteiger partial charge in [-0.1, -0.05) is 48.7 Å². The van der Waals surface area contributed by atoms with Gasteiger partial charge in [-0.15, -0.1) is 0 Å². The van der Waals surface area contributed by atoms with Gasteiger partial charge >= 0.3 is 0 Å². The average Bonchev–Trinajstić information content (AvgIpc) is 3.15. The van der Waals surface area contributed by atoms with Gasteiger partial charge in [0.1, 0.15) is 5.82 Å². The van der Waals surface area contributed by atoms with Crippen LogP contribution in [0.3, 0.4) is 0 Å². The number of H-pyrrole nitrogens is 1. The maximum absolute atomic E-state index is 12.2. The van der Waals surface area contributed by atoms with Crippen LogP contribution in [0.15, 0.2) is 35.4 Å². The zero-order chi connectivity index (χ0) is 17.6. The Morgan fingerprint density at radius 1 is 1.24 bits per heavy atom. The molecule has 2 aromatic rings. The summed E-state index contributed by atoms with van der Waals surface area (Å²) in [7, 11) is 0. The van der Waals surface area contributed by atoms with Gasteiger partial charge in [-0.3, -0.25) is 9.59 Å². The normalized spacial score (nSPS) is 14.9. The standard InChI is InChI=1S/C20H23N3O2/c1-14-6-8-15(9-7-14)10-11-17-19(22-13-23-20(17)25)21-12-18(24)16-4-2-3-5-16/h6-11,13,16H,2-5,12H2,1H3,(H2,21,22,23,25)/b11-10+. The number of aromatic amines is 1. The monoisotopic (exact) mass is 337 g/mol. The number of anilines is 1. The fourth-order valence-corrected chi connectivity index (χ4v) is 3.13. The van der Waals surface area contributed by atoms with Crippen molar-refractivity contribution in [2.45, 2.75) is 32.6 Å². The second-order valence-electron chi connectivity index (χ2n) is 6.54. The highest BCUT2D eigenvalue weighted by Gasteiger charge is 2.22. The second kappa shape index (κ2) is 7.92. The first-order valence-corrected chi connectivity index (χ1v) is 8.72. The third-order valence-electron chi connectivity index (χ3n) is 4.65. The predicted octanol–water partition coefficient (Wildman–Crippen LogP) is 3.42. The second-order valence-corrected chi connectivity index (χ2v) is 6.54. The molecule has 0 atom stereocenters. The Morgan fingerprint density at radius 3 is 2.68 bits per heavy atom. The molecule has 0 unspecified atom stereocenters. The van der Waals surface area contributed by atoms with Crippen molar-refractivity contribution in [1.82, 2.24) is 9.97 Å². The first-order chi connectivity index (χ1) is 12.1. The molecule has 0 radical (unpaired) electrons. The maximum Gasteiger partial charge on any atom is 0.260 e. The molecule has 0 aliphatic heterocycles. The lowest BCUT2D eigenvalue weighted by Crippen LogP contribution is -2.23. The van der Waals surface area contributed by atoms with E-state index in [0.29, 0.717) is 11.4 Å². The van der Waals surface area contributed by atoms with Crippen LogP contribution in [0.4, 0.5) is 5.82 Å². The first-order valence-electron chi connectivity index (χ1n) is 8.72. The fourth-order valence-electron chi connectivity index (χ4n) is 3.13. The number of carbonyl (C=O) groups excluding carboxylic acids is 1. The number of hydrogen-bond donors (Lipinski definition) is 2. The number of Topliss-reactive ketones (excluding diaryl/α,β-unsaturated/α-hetero) is 1. The lowest BCUT2D eigenvalue weighted by molar-refractivity contribution is -0.120. The average molecular weight is 337 g/mol. The van der Waals surface area contributed by atoms with Crippen LogP contribution in [0, 0.1) is 12.8 Å². The minimum Gasteiger partial charge on any atom is -0.362 e. The van der Waals surface area contributed by atoms with Gasteiger partial charge in [0, 0.05) is 5.92 Å². The summed E-state index contributed by atoms with van der Waals surface area (Å²) < 4.78 is 0. The summed E-state index contributed by atoms with van der Waals surface area (Å²) in [6.45, 7) is 2.25. The predicted molar refractivity (Wildman–Crippen MR) is 100 cm³/mol. The van der Waals surface area contributed by atoms with E-state index in [2.05, 4.69) is 15.3 Å². The molecule has 1 aliphatic carbocycles. The highest BCUT2D eigenvalue weighted by molar-refractivity contribution is 5.86. The van der Waals surface area contributed by atoms with Crippen LogP contribution >= 0.6 is 0 Å². The van der Waals surface area contributed by atoms with Crippen LogP contribution in [0.2, 0.25) is 0 Å². The number of carbonyl (C=O) groups is 1. The Bertz CT molecular complexity index is 816. The van der Waals surface area contributed by atoms with E-state index in [1.54, 1.807) is 6.08 Å². The number of aromatic nitrogens is 2. The molecule has 1 aromatic carbocycles. The van der Waals surface area contributed by atoms with Crippen LogP contribution in [0.5, 0.6) is 0 Å². The van der Waals surface area contributed by atoms with Gasteiger partial charge in [0.05, 0.1) is 18.4 Å². The van der Waals surface area contributed by atoms with Crippen LogP contribution in [0.1, 0.15) is 42.4 Å². The first kappa shape index (κ1) is 17.1. The molecule has 25 heavy (non-hydrogen) atoms. The number of nitrogens with one attached hydrogen (secondary N) is 2. The molecule has 1 fully saturated rings. The van der Waals surface area contributed by atoms with Gasteiger partial charge in [-0.25, -0.2) is 4.98 Å². The Hall–Kier alpha value is -2.69. The Morgan fingerprint density at radius 2 is 1.96 bits per heavy atom. The van der Waals surface area contributed by atoms with Crippen molar-refractivity contribution >= 4 is 23.8 Å². The summed E-state index contributed by atoms with van der Waals surface area (Å²) in [5.41, 5.74) is 2.39. The van der Waals surface area contributed by atoms with E-state index in [1.165, 1.54) is 11.9 Å². The van der Waals surface area contributed by atoms with E-state index in [-0.39, 0.29) is 23.8 Å². The Kier molecular flexibility index (Phi) is 5.43. The van der Waals surface area contributed by atoms with E-state index < -0.39 is 0 Å². The van der Waals surface area contributed by atoms with Crippen molar-refractivity contribution in [2.75, 3.05) is 11.9 Å². The topological polar surface area (TPSA) is 74.8 Å². The van der Waals surface area contributed by atoms with E-state index >= 15 is 0 Å².